The van der Waals surface area contributed by atoms with Gasteiger partial charge in [0.25, 0.3) is 0 Å². The van der Waals surface area contributed by atoms with Crippen molar-refractivity contribution in [1.82, 2.24) is 4.90 Å². The van der Waals surface area contributed by atoms with Crippen molar-refractivity contribution in [2.75, 3.05) is 26.8 Å². The normalized spacial score (nSPS) is 21.7. The molecule has 102 valence electrons. The average Bonchev–Trinajstić information content (AvgIpc) is 3.26. The highest BCUT2D eigenvalue weighted by Crippen LogP contribution is 2.47. The number of amides is 1. The minimum absolute atomic E-state index is 0.0262. The third kappa shape index (κ3) is 2.75. The van der Waals surface area contributed by atoms with E-state index in [0.29, 0.717) is 26.0 Å². The van der Waals surface area contributed by atoms with Crippen LogP contribution in [0.1, 0.15) is 25.7 Å². The first-order valence-corrected chi connectivity index (χ1v) is 6.41. The second-order valence-electron chi connectivity index (χ2n) is 5.31. The van der Waals surface area contributed by atoms with E-state index < -0.39 is 5.41 Å². The fraction of sp³-hybridized carbons (Fsp3) is 0.833. The summed E-state index contributed by atoms with van der Waals surface area (Å²) in [6.45, 7) is 1.89. The molecule has 0 radical (unpaired) electrons. The van der Waals surface area contributed by atoms with E-state index in [2.05, 4.69) is 5.16 Å². The molecule has 0 bridgehead atoms. The average molecular weight is 255 g/mol. The van der Waals surface area contributed by atoms with Crippen molar-refractivity contribution < 1.29 is 14.7 Å². The van der Waals surface area contributed by atoms with Gasteiger partial charge in [0.2, 0.25) is 5.91 Å². The maximum Gasteiger partial charge on any atom is 0.236 e. The van der Waals surface area contributed by atoms with Gasteiger partial charge in [0, 0.05) is 20.2 Å². The fourth-order valence-corrected chi connectivity index (χ4v) is 2.00. The van der Waals surface area contributed by atoms with Gasteiger partial charge in [-0.1, -0.05) is 5.16 Å². The van der Waals surface area contributed by atoms with Crippen LogP contribution in [0.15, 0.2) is 5.16 Å². The molecule has 0 aromatic heterocycles. The molecule has 0 saturated heterocycles. The van der Waals surface area contributed by atoms with E-state index in [-0.39, 0.29) is 11.7 Å². The highest BCUT2D eigenvalue weighted by Gasteiger charge is 2.55. The fourth-order valence-electron chi connectivity index (χ4n) is 2.00. The molecule has 2 rings (SSSR count). The predicted molar refractivity (Wildman–Crippen MR) is 66.3 cm³/mol. The van der Waals surface area contributed by atoms with Gasteiger partial charge in [0.1, 0.15) is 5.41 Å². The van der Waals surface area contributed by atoms with Crippen LogP contribution in [0.25, 0.3) is 0 Å². The lowest BCUT2D eigenvalue weighted by Crippen LogP contribution is -2.42. The summed E-state index contributed by atoms with van der Waals surface area (Å²) in [5.74, 6) is 0.684. The molecule has 6 nitrogen and oxygen atoms in total. The van der Waals surface area contributed by atoms with Crippen molar-refractivity contribution in [2.24, 2.45) is 22.2 Å². The van der Waals surface area contributed by atoms with Crippen molar-refractivity contribution >= 4 is 11.7 Å². The van der Waals surface area contributed by atoms with E-state index in [1.165, 1.54) is 12.8 Å². The number of rotatable bonds is 7. The zero-order chi connectivity index (χ0) is 13.2. The third-order valence-corrected chi connectivity index (χ3v) is 3.73. The number of nitrogens with two attached hydrogens (primary N) is 1. The van der Waals surface area contributed by atoms with Crippen molar-refractivity contribution in [3.05, 3.63) is 0 Å². The summed E-state index contributed by atoms with van der Waals surface area (Å²) >= 11 is 0. The molecule has 18 heavy (non-hydrogen) atoms. The summed E-state index contributed by atoms with van der Waals surface area (Å²) in [5, 5.41) is 11.7. The first-order chi connectivity index (χ1) is 8.60. The quantitative estimate of drug-likeness (QED) is 0.226. The van der Waals surface area contributed by atoms with Crippen LogP contribution >= 0.6 is 0 Å². The maximum atomic E-state index is 12.2. The van der Waals surface area contributed by atoms with Crippen molar-refractivity contribution in [3.63, 3.8) is 0 Å². The Bertz CT molecular complexity index is 348. The second-order valence-corrected chi connectivity index (χ2v) is 5.31. The van der Waals surface area contributed by atoms with E-state index in [4.69, 9.17) is 15.7 Å². The van der Waals surface area contributed by atoms with E-state index in [1.54, 1.807) is 11.9 Å². The molecule has 2 aliphatic carbocycles. The van der Waals surface area contributed by atoms with Gasteiger partial charge in [-0.25, -0.2) is 0 Å². The van der Waals surface area contributed by atoms with Crippen LogP contribution in [-0.2, 0) is 9.53 Å². The Morgan fingerprint density at radius 1 is 1.56 bits per heavy atom. The number of amidine groups is 1. The highest BCUT2D eigenvalue weighted by molar-refractivity contribution is 6.09. The summed E-state index contributed by atoms with van der Waals surface area (Å²) in [6, 6.07) is 0. The van der Waals surface area contributed by atoms with Gasteiger partial charge >= 0.3 is 0 Å². The summed E-state index contributed by atoms with van der Waals surface area (Å²) in [5.41, 5.74) is 4.83. The van der Waals surface area contributed by atoms with Crippen molar-refractivity contribution in [1.29, 1.82) is 0 Å². The Kier molecular flexibility index (Phi) is 3.75. The van der Waals surface area contributed by atoms with Crippen molar-refractivity contribution in [2.45, 2.75) is 25.7 Å². The predicted octanol–water partition coefficient (Wildman–Crippen LogP) is 0.398. The van der Waals surface area contributed by atoms with Gasteiger partial charge in [0.05, 0.1) is 6.61 Å². The van der Waals surface area contributed by atoms with Crippen molar-refractivity contribution in [3.8, 4) is 0 Å². The Balaban J connectivity index is 1.74. The highest BCUT2D eigenvalue weighted by atomic mass is 16.5. The first kappa shape index (κ1) is 13.1. The molecular weight excluding hydrogens is 234 g/mol. The van der Waals surface area contributed by atoms with Crippen LogP contribution < -0.4 is 5.73 Å². The lowest BCUT2D eigenvalue weighted by molar-refractivity contribution is -0.133. The number of carbonyl (C=O) groups excluding carboxylic acids is 1. The summed E-state index contributed by atoms with van der Waals surface area (Å²) in [4.78, 5) is 13.8. The summed E-state index contributed by atoms with van der Waals surface area (Å²) in [7, 11) is 1.73. The van der Waals surface area contributed by atoms with Crippen LogP contribution in [0.2, 0.25) is 0 Å². The minimum Gasteiger partial charge on any atom is -0.409 e. The Morgan fingerprint density at radius 3 is 2.72 bits per heavy atom. The SMILES string of the molecule is CN(CCOCC1CC1)C(=O)C1(C(N)=NO)CC1. The van der Waals surface area contributed by atoms with Gasteiger partial charge in [0.15, 0.2) is 5.84 Å². The van der Waals surface area contributed by atoms with Gasteiger partial charge < -0.3 is 20.6 Å². The molecule has 2 fully saturated rings. The largest absolute Gasteiger partial charge is 0.409 e. The molecule has 0 aliphatic heterocycles. The molecule has 6 heteroatoms. The number of hydrogen-bond donors (Lipinski definition) is 2. The Morgan fingerprint density at radius 2 is 2.22 bits per heavy atom. The summed E-state index contributed by atoms with van der Waals surface area (Å²) in [6.07, 6.45) is 3.85. The number of ether oxygens (including phenoxy) is 1. The lowest BCUT2D eigenvalue weighted by Gasteiger charge is -2.22. The molecule has 0 unspecified atom stereocenters. The molecule has 0 atom stereocenters. The smallest absolute Gasteiger partial charge is 0.236 e. The van der Waals surface area contributed by atoms with Crippen LogP contribution in [0.3, 0.4) is 0 Å². The number of nitrogens with zero attached hydrogens (tertiary/aromatic N) is 2. The van der Waals surface area contributed by atoms with E-state index >= 15 is 0 Å². The lowest BCUT2D eigenvalue weighted by atomic mass is 10.0. The standard InChI is InChI=1S/C12H21N3O3/c1-15(6-7-18-8-9-2-3-9)11(16)12(4-5-12)10(13)14-17/h9,17H,2-8H2,1H3,(H2,13,14). The molecule has 0 heterocycles. The molecule has 3 N–H and O–H groups in total. The Hall–Kier alpha value is -1.30. The first-order valence-electron chi connectivity index (χ1n) is 6.41. The number of likely N-dealkylation sites (N-methyl/N-ethyl adjacent to an activating group) is 1. The second kappa shape index (κ2) is 5.14. The van der Waals surface area contributed by atoms with Gasteiger partial charge in [-0.05, 0) is 31.6 Å². The van der Waals surface area contributed by atoms with Gasteiger partial charge in [-0.2, -0.15) is 0 Å². The molecular formula is C12H21N3O3. The zero-order valence-electron chi connectivity index (χ0n) is 10.8. The van der Waals surface area contributed by atoms with Crippen LogP contribution in [0.4, 0.5) is 0 Å². The Labute approximate surface area is 107 Å². The topological polar surface area (TPSA) is 88.2 Å². The summed E-state index contributed by atoms with van der Waals surface area (Å²) < 4.78 is 5.49. The molecule has 2 saturated carbocycles. The molecule has 2 aliphatic rings. The molecule has 1 amide bonds. The van der Waals surface area contributed by atoms with Gasteiger partial charge in [-0.15, -0.1) is 0 Å². The molecule has 0 aromatic carbocycles. The van der Waals surface area contributed by atoms with E-state index in [0.717, 1.165) is 12.5 Å². The maximum absolute atomic E-state index is 12.2. The van der Waals surface area contributed by atoms with E-state index in [9.17, 15) is 4.79 Å². The number of carbonyl (C=O) groups is 1. The monoisotopic (exact) mass is 255 g/mol. The van der Waals surface area contributed by atoms with E-state index in [1.807, 2.05) is 0 Å². The number of oxime groups is 1. The molecule has 0 spiro atoms. The molecule has 0 aromatic rings. The zero-order valence-corrected chi connectivity index (χ0v) is 10.8. The minimum atomic E-state index is -0.750. The van der Waals surface area contributed by atoms with Crippen LogP contribution in [0, 0.1) is 11.3 Å². The van der Waals surface area contributed by atoms with Crippen LogP contribution in [-0.4, -0.2) is 48.7 Å². The van der Waals surface area contributed by atoms with Crippen LogP contribution in [0.5, 0.6) is 0 Å². The number of hydrogen-bond acceptors (Lipinski definition) is 4. The third-order valence-electron chi connectivity index (χ3n) is 3.73. The van der Waals surface area contributed by atoms with Gasteiger partial charge in [-0.3, -0.25) is 4.79 Å².